The minimum Gasteiger partial charge on any atom is -0.370 e. The fourth-order valence-electron chi connectivity index (χ4n) is 2.49. The SMILES string of the molecule is Cc1c(N2CCCC(C=O)C2)cccc1[N+](=O)[O-]. The molecule has 1 aliphatic rings. The summed E-state index contributed by atoms with van der Waals surface area (Å²) in [6.07, 6.45) is 2.85. The molecule has 0 radical (unpaired) electrons. The Bertz CT molecular complexity index is 473. The molecule has 96 valence electrons. The molecule has 1 fully saturated rings. The molecule has 1 atom stereocenters. The van der Waals surface area contributed by atoms with E-state index in [0.717, 1.165) is 31.4 Å². The van der Waals surface area contributed by atoms with E-state index in [1.165, 1.54) is 6.07 Å². The lowest BCUT2D eigenvalue weighted by atomic mass is 9.98. The zero-order chi connectivity index (χ0) is 13.1. The fourth-order valence-corrected chi connectivity index (χ4v) is 2.49. The van der Waals surface area contributed by atoms with E-state index in [1.807, 2.05) is 6.07 Å². The summed E-state index contributed by atoms with van der Waals surface area (Å²) >= 11 is 0. The Morgan fingerprint density at radius 3 is 2.94 bits per heavy atom. The van der Waals surface area contributed by atoms with Gasteiger partial charge in [-0.3, -0.25) is 10.1 Å². The minimum absolute atomic E-state index is 0.0393. The second-order valence-corrected chi connectivity index (χ2v) is 4.66. The second-order valence-electron chi connectivity index (χ2n) is 4.66. The van der Waals surface area contributed by atoms with Crippen molar-refractivity contribution in [1.82, 2.24) is 0 Å². The molecule has 0 amide bonds. The van der Waals surface area contributed by atoms with Gasteiger partial charge in [0.05, 0.1) is 10.5 Å². The molecule has 0 saturated carbocycles. The number of aldehydes is 1. The van der Waals surface area contributed by atoms with E-state index in [2.05, 4.69) is 4.90 Å². The molecule has 1 aromatic rings. The number of nitro groups is 1. The van der Waals surface area contributed by atoms with Crippen molar-refractivity contribution in [3.8, 4) is 0 Å². The number of hydrogen-bond acceptors (Lipinski definition) is 4. The van der Waals surface area contributed by atoms with Gasteiger partial charge in [0.15, 0.2) is 0 Å². The van der Waals surface area contributed by atoms with Crippen molar-refractivity contribution < 1.29 is 9.72 Å². The van der Waals surface area contributed by atoms with Gasteiger partial charge in [0.2, 0.25) is 0 Å². The highest BCUT2D eigenvalue weighted by Gasteiger charge is 2.23. The Kier molecular flexibility index (Phi) is 3.60. The van der Waals surface area contributed by atoms with Crippen LogP contribution in [0.25, 0.3) is 0 Å². The van der Waals surface area contributed by atoms with E-state index < -0.39 is 0 Å². The predicted octanol–water partition coefficient (Wildman–Crippen LogP) is 2.32. The standard InChI is InChI=1S/C13H16N2O3/c1-10-12(5-2-6-13(10)15(17)18)14-7-3-4-11(8-14)9-16/h2,5-6,9,11H,3-4,7-8H2,1H3. The zero-order valence-corrected chi connectivity index (χ0v) is 10.3. The van der Waals surface area contributed by atoms with Gasteiger partial charge in [-0.05, 0) is 25.8 Å². The summed E-state index contributed by atoms with van der Waals surface area (Å²) in [6, 6.07) is 5.10. The number of nitro benzene ring substituents is 1. The lowest BCUT2D eigenvalue weighted by Crippen LogP contribution is -2.36. The van der Waals surface area contributed by atoms with E-state index in [1.54, 1.807) is 13.0 Å². The van der Waals surface area contributed by atoms with Gasteiger partial charge in [-0.2, -0.15) is 0 Å². The Balaban J connectivity index is 2.30. The van der Waals surface area contributed by atoms with Crippen molar-refractivity contribution in [3.05, 3.63) is 33.9 Å². The molecule has 0 spiro atoms. The Morgan fingerprint density at radius 1 is 1.50 bits per heavy atom. The van der Waals surface area contributed by atoms with Crippen LogP contribution in [0.5, 0.6) is 0 Å². The maximum atomic E-state index is 10.9. The smallest absolute Gasteiger partial charge is 0.274 e. The summed E-state index contributed by atoms with van der Waals surface area (Å²) in [5, 5.41) is 10.9. The molecular weight excluding hydrogens is 232 g/mol. The molecule has 1 unspecified atom stereocenters. The number of carbonyl (C=O) groups is 1. The molecule has 5 nitrogen and oxygen atoms in total. The number of benzene rings is 1. The molecule has 0 bridgehead atoms. The first-order valence-electron chi connectivity index (χ1n) is 6.07. The quantitative estimate of drug-likeness (QED) is 0.468. The van der Waals surface area contributed by atoms with Crippen LogP contribution in [0.3, 0.4) is 0 Å². The second kappa shape index (κ2) is 5.16. The monoisotopic (exact) mass is 248 g/mol. The molecule has 0 aliphatic carbocycles. The summed E-state index contributed by atoms with van der Waals surface area (Å²) < 4.78 is 0. The van der Waals surface area contributed by atoms with E-state index in [-0.39, 0.29) is 16.5 Å². The van der Waals surface area contributed by atoms with Gasteiger partial charge in [-0.25, -0.2) is 0 Å². The number of piperidine rings is 1. The highest BCUT2D eigenvalue weighted by atomic mass is 16.6. The number of hydrogen-bond donors (Lipinski definition) is 0. The van der Waals surface area contributed by atoms with Crippen LogP contribution in [0.2, 0.25) is 0 Å². The summed E-state index contributed by atoms with van der Waals surface area (Å²) in [5.74, 6) is 0.0393. The van der Waals surface area contributed by atoms with Crippen LogP contribution >= 0.6 is 0 Å². The molecule has 1 saturated heterocycles. The lowest BCUT2D eigenvalue weighted by Gasteiger charge is -2.32. The normalized spacial score (nSPS) is 19.6. The van der Waals surface area contributed by atoms with Crippen molar-refractivity contribution in [3.63, 3.8) is 0 Å². The molecule has 5 heteroatoms. The molecule has 1 aromatic carbocycles. The summed E-state index contributed by atoms with van der Waals surface area (Å²) in [7, 11) is 0. The third kappa shape index (κ3) is 2.34. The topological polar surface area (TPSA) is 63.5 Å². The van der Waals surface area contributed by atoms with Crippen LogP contribution in [0.4, 0.5) is 11.4 Å². The highest BCUT2D eigenvalue weighted by molar-refractivity contribution is 5.63. The summed E-state index contributed by atoms with van der Waals surface area (Å²) in [4.78, 5) is 23.5. The third-order valence-corrected chi connectivity index (χ3v) is 3.46. The molecule has 18 heavy (non-hydrogen) atoms. The van der Waals surface area contributed by atoms with E-state index in [4.69, 9.17) is 0 Å². The number of anilines is 1. The molecule has 1 aliphatic heterocycles. The van der Waals surface area contributed by atoms with E-state index >= 15 is 0 Å². The third-order valence-electron chi connectivity index (χ3n) is 3.46. The maximum absolute atomic E-state index is 10.9. The Morgan fingerprint density at radius 2 is 2.28 bits per heavy atom. The van der Waals surface area contributed by atoms with Crippen molar-refractivity contribution >= 4 is 17.7 Å². The van der Waals surface area contributed by atoms with Gasteiger partial charge < -0.3 is 9.69 Å². The largest absolute Gasteiger partial charge is 0.370 e. The molecule has 0 N–H and O–H groups in total. The maximum Gasteiger partial charge on any atom is 0.274 e. The Labute approximate surface area is 106 Å². The number of nitrogens with zero attached hydrogens (tertiary/aromatic N) is 2. The minimum atomic E-state index is -0.361. The molecule has 0 aromatic heterocycles. The van der Waals surface area contributed by atoms with Gasteiger partial charge in [0, 0.05) is 30.8 Å². The van der Waals surface area contributed by atoms with Crippen LogP contribution in [0.1, 0.15) is 18.4 Å². The van der Waals surface area contributed by atoms with Gasteiger partial charge in [-0.15, -0.1) is 0 Å². The van der Waals surface area contributed by atoms with Gasteiger partial charge >= 0.3 is 0 Å². The highest BCUT2D eigenvalue weighted by Crippen LogP contribution is 2.30. The van der Waals surface area contributed by atoms with Crippen LogP contribution in [0.15, 0.2) is 18.2 Å². The van der Waals surface area contributed by atoms with Crippen molar-refractivity contribution in [2.45, 2.75) is 19.8 Å². The number of rotatable bonds is 3. The van der Waals surface area contributed by atoms with Crippen LogP contribution in [0, 0.1) is 23.0 Å². The first kappa shape index (κ1) is 12.5. The van der Waals surface area contributed by atoms with Crippen molar-refractivity contribution in [2.75, 3.05) is 18.0 Å². The van der Waals surface area contributed by atoms with Crippen molar-refractivity contribution in [1.29, 1.82) is 0 Å². The first-order chi connectivity index (χ1) is 8.63. The molecular formula is C13H16N2O3. The van der Waals surface area contributed by atoms with Gasteiger partial charge in [0.1, 0.15) is 6.29 Å². The predicted molar refractivity (Wildman–Crippen MR) is 68.8 cm³/mol. The first-order valence-corrected chi connectivity index (χ1v) is 6.07. The molecule has 2 rings (SSSR count). The zero-order valence-electron chi connectivity index (χ0n) is 10.3. The van der Waals surface area contributed by atoms with Gasteiger partial charge in [-0.1, -0.05) is 6.07 Å². The molecule has 1 heterocycles. The van der Waals surface area contributed by atoms with Crippen molar-refractivity contribution in [2.24, 2.45) is 5.92 Å². The van der Waals surface area contributed by atoms with Crippen LogP contribution < -0.4 is 4.90 Å². The number of carbonyl (C=O) groups excluding carboxylic acids is 1. The fraction of sp³-hybridized carbons (Fsp3) is 0.462. The summed E-state index contributed by atoms with van der Waals surface area (Å²) in [5.41, 5.74) is 1.69. The summed E-state index contributed by atoms with van der Waals surface area (Å²) in [6.45, 7) is 3.27. The van der Waals surface area contributed by atoms with Crippen LogP contribution in [-0.4, -0.2) is 24.3 Å². The van der Waals surface area contributed by atoms with E-state index in [9.17, 15) is 14.9 Å². The van der Waals surface area contributed by atoms with E-state index in [0.29, 0.717) is 12.1 Å². The lowest BCUT2D eigenvalue weighted by molar-refractivity contribution is -0.385. The average Bonchev–Trinajstić information content (AvgIpc) is 2.38. The Hall–Kier alpha value is -1.91. The van der Waals surface area contributed by atoms with Gasteiger partial charge in [0.25, 0.3) is 5.69 Å². The van der Waals surface area contributed by atoms with Crippen LogP contribution in [-0.2, 0) is 4.79 Å². The average molecular weight is 248 g/mol.